The molecule has 0 amide bonds. The first-order valence-corrected chi connectivity index (χ1v) is 3.97. The first-order valence-electron chi connectivity index (χ1n) is 3.97. The van der Waals surface area contributed by atoms with Crippen molar-refractivity contribution in [2.45, 2.75) is 13.5 Å². The van der Waals surface area contributed by atoms with E-state index in [-0.39, 0.29) is 17.8 Å². The van der Waals surface area contributed by atoms with Gasteiger partial charge in [0.15, 0.2) is 5.75 Å². The van der Waals surface area contributed by atoms with Gasteiger partial charge in [0.2, 0.25) is 5.43 Å². The van der Waals surface area contributed by atoms with E-state index in [0.29, 0.717) is 5.56 Å². The summed E-state index contributed by atoms with van der Waals surface area (Å²) in [6.45, 7) is 2.04. The average Bonchev–Trinajstić information content (AvgIpc) is 2.19. The lowest BCUT2D eigenvalue weighted by Gasteiger charge is -1.93. The number of hydrogen-bond donors (Lipinski definition) is 1. The molecule has 0 unspecified atom stereocenters. The third-order valence-corrected chi connectivity index (χ3v) is 1.74. The standard InChI is InChI=1S/C10H12O3/c1-7-3-4-8(6-13-2)10(12)9(11)5-7/h3-5H,6H2,1-2H3,(H,11,12). The number of methoxy groups -OCH3 is 1. The first-order chi connectivity index (χ1) is 6.15. The van der Waals surface area contributed by atoms with Gasteiger partial charge in [0.1, 0.15) is 0 Å². The van der Waals surface area contributed by atoms with Crippen molar-refractivity contribution in [3.63, 3.8) is 0 Å². The summed E-state index contributed by atoms with van der Waals surface area (Å²) in [6.07, 6.45) is 0. The molecule has 0 aliphatic carbocycles. The van der Waals surface area contributed by atoms with Crippen LogP contribution in [-0.4, -0.2) is 12.2 Å². The summed E-state index contributed by atoms with van der Waals surface area (Å²) in [5.74, 6) is -0.227. The van der Waals surface area contributed by atoms with Crippen LogP contribution in [0.1, 0.15) is 11.1 Å². The molecule has 70 valence electrons. The van der Waals surface area contributed by atoms with E-state index in [1.165, 1.54) is 13.2 Å². The highest BCUT2D eigenvalue weighted by Crippen LogP contribution is 2.06. The zero-order valence-electron chi connectivity index (χ0n) is 7.70. The molecule has 1 N–H and O–H groups in total. The molecule has 1 aromatic carbocycles. The molecule has 0 saturated carbocycles. The van der Waals surface area contributed by atoms with E-state index in [0.717, 1.165) is 5.56 Å². The van der Waals surface area contributed by atoms with Gasteiger partial charge in [-0.1, -0.05) is 12.1 Å². The highest BCUT2D eigenvalue weighted by atomic mass is 16.5. The van der Waals surface area contributed by atoms with Gasteiger partial charge in [-0.2, -0.15) is 0 Å². The minimum atomic E-state index is -0.366. The van der Waals surface area contributed by atoms with Crippen molar-refractivity contribution in [3.05, 3.63) is 39.5 Å². The first kappa shape index (κ1) is 9.74. The summed E-state index contributed by atoms with van der Waals surface area (Å²) in [5.41, 5.74) is 0.944. The van der Waals surface area contributed by atoms with Crippen LogP contribution in [0.15, 0.2) is 23.0 Å². The van der Waals surface area contributed by atoms with Crippen molar-refractivity contribution in [2.75, 3.05) is 7.11 Å². The quantitative estimate of drug-likeness (QED) is 0.744. The Morgan fingerprint density at radius 2 is 2.15 bits per heavy atom. The SMILES string of the molecule is COCc1ccc(C)cc(O)c1=O. The van der Waals surface area contributed by atoms with Crippen molar-refractivity contribution in [2.24, 2.45) is 0 Å². The Kier molecular flexibility index (Phi) is 3.03. The van der Waals surface area contributed by atoms with Crippen LogP contribution >= 0.6 is 0 Å². The van der Waals surface area contributed by atoms with Gasteiger partial charge in [0.25, 0.3) is 0 Å². The van der Waals surface area contributed by atoms with Crippen molar-refractivity contribution < 1.29 is 9.84 Å². The minimum Gasteiger partial charge on any atom is -0.504 e. The van der Waals surface area contributed by atoms with Gasteiger partial charge in [0, 0.05) is 12.7 Å². The van der Waals surface area contributed by atoms with Crippen LogP contribution in [0.2, 0.25) is 0 Å². The number of aryl methyl sites for hydroxylation is 1. The Bertz CT molecular complexity index is 358. The fourth-order valence-corrected chi connectivity index (χ4v) is 1.07. The molecule has 0 bridgehead atoms. The molecule has 0 aliphatic heterocycles. The zero-order valence-corrected chi connectivity index (χ0v) is 7.70. The molecule has 0 fully saturated rings. The molecule has 1 rings (SSSR count). The maximum atomic E-state index is 11.4. The summed E-state index contributed by atoms with van der Waals surface area (Å²) >= 11 is 0. The number of aromatic hydroxyl groups is 1. The van der Waals surface area contributed by atoms with E-state index >= 15 is 0 Å². The van der Waals surface area contributed by atoms with E-state index in [4.69, 9.17) is 4.74 Å². The summed E-state index contributed by atoms with van der Waals surface area (Å²) in [6, 6.07) is 4.89. The maximum Gasteiger partial charge on any atom is 0.225 e. The normalized spacial score (nSPS) is 10.0. The molecule has 0 heterocycles. The van der Waals surface area contributed by atoms with Crippen molar-refractivity contribution in [3.8, 4) is 5.75 Å². The topological polar surface area (TPSA) is 46.5 Å². The summed E-state index contributed by atoms with van der Waals surface area (Å²) < 4.78 is 4.83. The Hall–Kier alpha value is -1.35. The van der Waals surface area contributed by atoms with Crippen molar-refractivity contribution in [1.82, 2.24) is 0 Å². The second-order valence-electron chi connectivity index (χ2n) is 2.89. The van der Waals surface area contributed by atoms with Gasteiger partial charge >= 0.3 is 0 Å². The predicted octanol–water partition coefficient (Wildman–Crippen LogP) is 1.21. The smallest absolute Gasteiger partial charge is 0.225 e. The van der Waals surface area contributed by atoms with Crippen molar-refractivity contribution >= 4 is 0 Å². The largest absolute Gasteiger partial charge is 0.504 e. The van der Waals surface area contributed by atoms with Gasteiger partial charge in [0.05, 0.1) is 6.61 Å². The molecular weight excluding hydrogens is 168 g/mol. The lowest BCUT2D eigenvalue weighted by atomic mass is 10.3. The maximum absolute atomic E-state index is 11.4. The van der Waals surface area contributed by atoms with E-state index < -0.39 is 0 Å². The molecule has 0 atom stereocenters. The van der Waals surface area contributed by atoms with Gasteiger partial charge in [-0.05, 0) is 18.6 Å². The summed E-state index contributed by atoms with van der Waals surface area (Å²) in [7, 11) is 1.51. The predicted molar refractivity (Wildman–Crippen MR) is 49.8 cm³/mol. The Balaban J connectivity index is 3.32. The average molecular weight is 180 g/mol. The number of ether oxygens (including phenoxy) is 1. The second kappa shape index (κ2) is 4.05. The molecule has 3 nitrogen and oxygen atoms in total. The fourth-order valence-electron chi connectivity index (χ4n) is 1.07. The summed E-state index contributed by atoms with van der Waals surface area (Å²) in [4.78, 5) is 11.4. The molecule has 0 aromatic heterocycles. The molecule has 0 saturated heterocycles. The Labute approximate surface area is 76.6 Å². The van der Waals surface area contributed by atoms with Crippen LogP contribution in [-0.2, 0) is 11.3 Å². The summed E-state index contributed by atoms with van der Waals surface area (Å²) in [5, 5.41) is 9.30. The fraction of sp³-hybridized carbons (Fsp3) is 0.300. The van der Waals surface area contributed by atoms with Crippen LogP contribution in [0, 0.1) is 6.92 Å². The van der Waals surface area contributed by atoms with Gasteiger partial charge in [-0.15, -0.1) is 0 Å². The monoisotopic (exact) mass is 180 g/mol. The molecule has 13 heavy (non-hydrogen) atoms. The molecule has 3 heteroatoms. The van der Waals surface area contributed by atoms with Gasteiger partial charge in [-0.25, -0.2) is 0 Å². The Morgan fingerprint density at radius 3 is 2.77 bits per heavy atom. The third-order valence-electron chi connectivity index (χ3n) is 1.74. The number of hydrogen-bond acceptors (Lipinski definition) is 3. The van der Waals surface area contributed by atoms with Crippen LogP contribution in [0.5, 0.6) is 5.75 Å². The van der Waals surface area contributed by atoms with E-state index in [2.05, 4.69) is 0 Å². The highest BCUT2D eigenvalue weighted by Gasteiger charge is 2.01. The van der Waals surface area contributed by atoms with Crippen LogP contribution < -0.4 is 5.43 Å². The lowest BCUT2D eigenvalue weighted by Crippen LogP contribution is -2.05. The van der Waals surface area contributed by atoms with E-state index in [9.17, 15) is 9.90 Å². The highest BCUT2D eigenvalue weighted by molar-refractivity contribution is 5.29. The number of rotatable bonds is 2. The van der Waals surface area contributed by atoms with E-state index in [1.807, 2.05) is 6.92 Å². The Morgan fingerprint density at radius 1 is 1.46 bits per heavy atom. The molecule has 1 aromatic rings. The molecule has 0 spiro atoms. The lowest BCUT2D eigenvalue weighted by molar-refractivity contribution is 0.184. The molecular formula is C10H12O3. The van der Waals surface area contributed by atoms with Gasteiger partial charge < -0.3 is 9.84 Å². The minimum absolute atomic E-state index is 0.223. The van der Waals surface area contributed by atoms with Crippen molar-refractivity contribution in [1.29, 1.82) is 0 Å². The van der Waals surface area contributed by atoms with Crippen LogP contribution in [0.25, 0.3) is 0 Å². The van der Waals surface area contributed by atoms with Crippen LogP contribution in [0.3, 0.4) is 0 Å². The molecule has 0 radical (unpaired) electrons. The molecule has 0 aliphatic rings. The van der Waals surface area contributed by atoms with Gasteiger partial charge in [-0.3, -0.25) is 4.79 Å². The zero-order chi connectivity index (χ0) is 9.84. The third kappa shape index (κ3) is 2.29. The van der Waals surface area contributed by atoms with Crippen LogP contribution in [0.4, 0.5) is 0 Å². The van der Waals surface area contributed by atoms with E-state index in [1.54, 1.807) is 12.1 Å². The second-order valence-corrected chi connectivity index (χ2v) is 2.89.